The standard InChI is InChI=1S/C33H33N5O4/c1-22-8-9-25(16-23(22)2)20-38-21-31(35-36-38)41-28-11-10-26-17-29(33(40)42-30(26)18-28)32(39)34-27-12-14-37(15-13-27)19-24-6-4-3-5-7-24/h3-11,16-18,21,27H,12-15,19-20H2,1-2H3,(H,34,39). The second-order valence-corrected chi connectivity index (χ2v) is 10.9. The average Bonchev–Trinajstić information content (AvgIpc) is 3.42. The number of ether oxygens (including phenoxy) is 1. The number of rotatable bonds is 8. The van der Waals surface area contributed by atoms with Gasteiger partial charge in [-0.25, -0.2) is 9.48 Å². The largest absolute Gasteiger partial charge is 0.436 e. The van der Waals surface area contributed by atoms with Crippen LogP contribution in [0.5, 0.6) is 11.6 Å². The Kier molecular flexibility index (Phi) is 7.83. The normalized spacial score (nSPS) is 14.2. The maximum Gasteiger partial charge on any atom is 0.349 e. The Morgan fingerprint density at radius 1 is 0.952 bits per heavy atom. The molecule has 214 valence electrons. The van der Waals surface area contributed by atoms with Crippen LogP contribution in [0, 0.1) is 13.8 Å². The number of hydrogen-bond acceptors (Lipinski definition) is 7. The summed E-state index contributed by atoms with van der Waals surface area (Å²) >= 11 is 0. The summed E-state index contributed by atoms with van der Waals surface area (Å²) in [6.45, 7) is 7.40. The van der Waals surface area contributed by atoms with Crippen LogP contribution in [0.25, 0.3) is 11.0 Å². The molecule has 1 fully saturated rings. The van der Waals surface area contributed by atoms with Crippen LogP contribution in [0.3, 0.4) is 0 Å². The van der Waals surface area contributed by atoms with E-state index in [9.17, 15) is 9.59 Å². The van der Waals surface area contributed by atoms with E-state index in [-0.39, 0.29) is 11.6 Å². The fraction of sp³-hybridized carbons (Fsp3) is 0.273. The Balaban J connectivity index is 1.07. The van der Waals surface area contributed by atoms with Gasteiger partial charge >= 0.3 is 5.63 Å². The Hall–Kier alpha value is -4.76. The van der Waals surface area contributed by atoms with Crippen LogP contribution in [-0.4, -0.2) is 44.9 Å². The molecule has 9 heteroatoms. The minimum Gasteiger partial charge on any atom is -0.436 e. The van der Waals surface area contributed by atoms with Crippen molar-refractivity contribution in [1.29, 1.82) is 0 Å². The van der Waals surface area contributed by atoms with Gasteiger partial charge in [0, 0.05) is 37.1 Å². The van der Waals surface area contributed by atoms with Gasteiger partial charge in [-0.3, -0.25) is 9.69 Å². The van der Waals surface area contributed by atoms with Crippen LogP contribution < -0.4 is 15.7 Å². The van der Waals surface area contributed by atoms with Crippen LogP contribution in [0.4, 0.5) is 0 Å². The molecule has 0 saturated carbocycles. The number of likely N-dealkylation sites (tertiary alicyclic amines) is 1. The summed E-state index contributed by atoms with van der Waals surface area (Å²) in [6, 6.07) is 23.4. The molecule has 6 rings (SSSR count). The quantitative estimate of drug-likeness (QED) is 0.258. The number of nitrogens with zero attached hydrogens (tertiary/aromatic N) is 4. The van der Waals surface area contributed by atoms with Gasteiger partial charge in [0.2, 0.25) is 0 Å². The van der Waals surface area contributed by atoms with Crippen LogP contribution in [0.15, 0.2) is 88.2 Å². The van der Waals surface area contributed by atoms with E-state index in [0.717, 1.165) is 38.0 Å². The van der Waals surface area contributed by atoms with Gasteiger partial charge in [0.15, 0.2) is 0 Å². The first-order valence-corrected chi connectivity index (χ1v) is 14.2. The summed E-state index contributed by atoms with van der Waals surface area (Å²) < 4.78 is 13.1. The van der Waals surface area contributed by atoms with Gasteiger partial charge in [0.05, 0.1) is 12.7 Å². The number of fused-ring (bicyclic) bond motifs is 1. The predicted octanol–water partition coefficient (Wildman–Crippen LogP) is 5.24. The summed E-state index contributed by atoms with van der Waals surface area (Å²) in [5.41, 5.74) is 4.51. The van der Waals surface area contributed by atoms with Crippen molar-refractivity contribution in [2.75, 3.05) is 13.1 Å². The van der Waals surface area contributed by atoms with E-state index >= 15 is 0 Å². The van der Waals surface area contributed by atoms with Gasteiger partial charge in [0.1, 0.15) is 16.9 Å². The maximum absolute atomic E-state index is 13.0. The second kappa shape index (κ2) is 12.0. The summed E-state index contributed by atoms with van der Waals surface area (Å²) in [7, 11) is 0. The molecule has 1 amide bonds. The minimum atomic E-state index is -0.682. The van der Waals surface area contributed by atoms with E-state index in [4.69, 9.17) is 9.15 Å². The van der Waals surface area contributed by atoms with Gasteiger partial charge in [-0.2, -0.15) is 0 Å². The molecule has 0 aliphatic carbocycles. The zero-order valence-electron chi connectivity index (χ0n) is 23.7. The monoisotopic (exact) mass is 563 g/mol. The van der Waals surface area contributed by atoms with E-state index in [1.165, 1.54) is 16.7 Å². The number of amides is 1. The summed E-state index contributed by atoms with van der Waals surface area (Å²) in [5, 5.41) is 11.9. The van der Waals surface area contributed by atoms with Crippen LogP contribution in [-0.2, 0) is 13.1 Å². The van der Waals surface area contributed by atoms with Crippen molar-refractivity contribution >= 4 is 16.9 Å². The molecule has 3 heterocycles. The number of carbonyl (C=O) groups is 1. The number of nitrogens with one attached hydrogen (secondary N) is 1. The summed E-state index contributed by atoms with van der Waals surface area (Å²) in [5.74, 6) is 0.363. The maximum atomic E-state index is 13.0. The lowest BCUT2D eigenvalue weighted by Gasteiger charge is -2.32. The first-order chi connectivity index (χ1) is 20.4. The number of piperidine rings is 1. The SMILES string of the molecule is Cc1ccc(Cn2cc(Oc3ccc4cc(C(=O)NC5CCN(Cc6ccccc6)CC5)c(=O)oc4c3)nn2)cc1C. The van der Waals surface area contributed by atoms with Crippen LogP contribution >= 0.6 is 0 Å². The van der Waals surface area contributed by atoms with Gasteiger partial charge in [-0.1, -0.05) is 58.8 Å². The molecule has 0 bridgehead atoms. The average molecular weight is 564 g/mol. The van der Waals surface area contributed by atoms with Crippen LogP contribution in [0.2, 0.25) is 0 Å². The van der Waals surface area contributed by atoms with Crippen molar-refractivity contribution in [2.45, 2.75) is 45.8 Å². The smallest absolute Gasteiger partial charge is 0.349 e. The lowest BCUT2D eigenvalue weighted by Crippen LogP contribution is -2.45. The zero-order chi connectivity index (χ0) is 29.1. The Morgan fingerprint density at radius 2 is 1.76 bits per heavy atom. The molecule has 1 aliphatic heterocycles. The highest BCUT2D eigenvalue weighted by molar-refractivity contribution is 5.96. The second-order valence-electron chi connectivity index (χ2n) is 10.9. The van der Waals surface area contributed by atoms with Crippen molar-refractivity contribution in [3.63, 3.8) is 0 Å². The summed E-state index contributed by atoms with van der Waals surface area (Å²) in [4.78, 5) is 28.1. The molecule has 0 spiro atoms. The Bertz CT molecular complexity index is 1770. The highest BCUT2D eigenvalue weighted by Gasteiger charge is 2.23. The molecule has 3 aromatic carbocycles. The molecule has 1 aliphatic rings. The Labute approximate surface area is 243 Å². The molecule has 5 aromatic rings. The van der Waals surface area contributed by atoms with Crippen molar-refractivity contribution in [1.82, 2.24) is 25.2 Å². The lowest BCUT2D eigenvalue weighted by molar-refractivity contribution is 0.0905. The van der Waals surface area contributed by atoms with Crippen LogP contribution in [0.1, 0.15) is 45.5 Å². The van der Waals surface area contributed by atoms with Crippen molar-refractivity contribution < 1.29 is 13.9 Å². The van der Waals surface area contributed by atoms with E-state index in [2.05, 4.69) is 64.7 Å². The lowest BCUT2D eigenvalue weighted by atomic mass is 10.0. The van der Waals surface area contributed by atoms with E-state index in [1.807, 2.05) is 18.2 Å². The van der Waals surface area contributed by atoms with Gasteiger partial charge in [-0.15, -0.1) is 0 Å². The Morgan fingerprint density at radius 3 is 2.55 bits per heavy atom. The highest BCUT2D eigenvalue weighted by Crippen LogP contribution is 2.25. The van der Waals surface area contributed by atoms with Gasteiger partial charge in [-0.05, 0) is 67.1 Å². The molecule has 9 nitrogen and oxygen atoms in total. The van der Waals surface area contributed by atoms with Gasteiger partial charge in [0.25, 0.3) is 11.8 Å². The third-order valence-electron chi connectivity index (χ3n) is 7.78. The number of aromatic nitrogens is 3. The number of benzene rings is 3. The van der Waals surface area contributed by atoms with E-state index in [0.29, 0.717) is 29.1 Å². The minimum absolute atomic E-state index is 0.00262. The number of hydrogen-bond donors (Lipinski definition) is 1. The third-order valence-corrected chi connectivity index (χ3v) is 7.78. The molecule has 2 aromatic heterocycles. The van der Waals surface area contributed by atoms with Crippen molar-refractivity contribution in [2.24, 2.45) is 0 Å². The first kappa shape index (κ1) is 27.4. The predicted molar refractivity (Wildman–Crippen MR) is 160 cm³/mol. The molecule has 1 saturated heterocycles. The van der Waals surface area contributed by atoms with Gasteiger partial charge < -0.3 is 14.5 Å². The number of carbonyl (C=O) groups excluding carboxylic acids is 1. The molecule has 42 heavy (non-hydrogen) atoms. The molecular formula is C33H33N5O4. The van der Waals surface area contributed by atoms with Crippen molar-refractivity contribution in [3.05, 3.63) is 117 Å². The zero-order valence-corrected chi connectivity index (χ0v) is 23.7. The molecule has 1 N–H and O–H groups in total. The molecular weight excluding hydrogens is 530 g/mol. The fourth-order valence-electron chi connectivity index (χ4n) is 5.27. The molecule has 0 radical (unpaired) electrons. The first-order valence-electron chi connectivity index (χ1n) is 14.2. The third kappa shape index (κ3) is 6.42. The number of aryl methyl sites for hydroxylation is 2. The van der Waals surface area contributed by atoms with E-state index in [1.54, 1.807) is 35.1 Å². The fourth-order valence-corrected chi connectivity index (χ4v) is 5.27. The highest BCUT2D eigenvalue weighted by atomic mass is 16.5. The van der Waals surface area contributed by atoms with Crippen molar-refractivity contribution in [3.8, 4) is 11.6 Å². The van der Waals surface area contributed by atoms with E-state index < -0.39 is 11.5 Å². The topological polar surface area (TPSA) is 102 Å². The molecule has 0 atom stereocenters. The summed E-state index contributed by atoms with van der Waals surface area (Å²) in [6.07, 6.45) is 3.37. The molecule has 0 unspecified atom stereocenters.